The predicted octanol–water partition coefficient (Wildman–Crippen LogP) is 7.31. The number of anilines is 1. The molecule has 1 aromatic rings. The van der Waals surface area contributed by atoms with Crippen LogP contribution in [0.2, 0.25) is 0 Å². The van der Waals surface area contributed by atoms with Gasteiger partial charge in [0.1, 0.15) is 4.99 Å². The lowest BCUT2D eigenvalue weighted by molar-refractivity contribution is -0.135. The lowest BCUT2D eigenvalue weighted by Gasteiger charge is -2.21. The van der Waals surface area contributed by atoms with Gasteiger partial charge in [-0.1, -0.05) is 127 Å². The van der Waals surface area contributed by atoms with Gasteiger partial charge < -0.3 is 10.6 Å². The van der Waals surface area contributed by atoms with Gasteiger partial charge >= 0.3 is 0 Å². The van der Waals surface area contributed by atoms with E-state index in [9.17, 15) is 9.59 Å². The average molecular weight is 520 g/mol. The summed E-state index contributed by atoms with van der Waals surface area (Å²) in [6, 6.07) is 9.19. The molecule has 0 saturated carbocycles. The summed E-state index contributed by atoms with van der Waals surface area (Å²) in [4.78, 5) is 25.1. The molecular formula is C29H49N3O3S. The highest BCUT2D eigenvalue weighted by molar-refractivity contribution is 7.80. The molecule has 0 aromatic heterocycles. The normalized spacial score (nSPS) is 12.5. The maximum Gasteiger partial charge on any atom is 0.244 e. The zero-order valence-corrected chi connectivity index (χ0v) is 23.3. The van der Waals surface area contributed by atoms with Gasteiger partial charge in [-0.2, -0.15) is 0 Å². The topological polar surface area (TPSA) is 90.5 Å². The van der Waals surface area contributed by atoms with Crippen LogP contribution < -0.4 is 16.1 Å². The van der Waals surface area contributed by atoms with E-state index in [1.54, 1.807) is 5.48 Å². The molecule has 4 N–H and O–H groups in total. The number of para-hydroxylation sites is 1. The van der Waals surface area contributed by atoms with E-state index < -0.39 is 11.8 Å². The molecule has 0 aliphatic carbocycles. The molecule has 2 amide bonds. The van der Waals surface area contributed by atoms with Crippen LogP contribution >= 0.6 is 12.2 Å². The predicted molar refractivity (Wildman–Crippen MR) is 153 cm³/mol. The number of hydroxylamine groups is 1. The SMILES string of the molecule is CCCCCCCCCCCCCCCC[C@H](CC(=O)NO)C(=O)N[C@@H](C)C(=S)Nc1ccccc1. The Morgan fingerprint density at radius 1 is 0.833 bits per heavy atom. The zero-order valence-electron chi connectivity index (χ0n) is 22.5. The van der Waals surface area contributed by atoms with Gasteiger partial charge in [-0.25, -0.2) is 5.48 Å². The highest BCUT2D eigenvalue weighted by Crippen LogP contribution is 2.18. The largest absolute Gasteiger partial charge is 0.348 e. The third kappa shape index (κ3) is 15.9. The van der Waals surface area contributed by atoms with Crippen LogP contribution in [0.1, 0.15) is 117 Å². The van der Waals surface area contributed by atoms with Crippen molar-refractivity contribution in [2.75, 3.05) is 5.32 Å². The molecule has 0 fully saturated rings. The second-order valence-electron chi connectivity index (χ2n) is 9.91. The summed E-state index contributed by atoms with van der Waals surface area (Å²) in [6.45, 7) is 4.08. The molecule has 2 atom stereocenters. The van der Waals surface area contributed by atoms with Crippen LogP contribution in [0.15, 0.2) is 30.3 Å². The summed E-state index contributed by atoms with van der Waals surface area (Å²) < 4.78 is 0. The molecule has 6 nitrogen and oxygen atoms in total. The summed E-state index contributed by atoms with van der Waals surface area (Å²) in [7, 11) is 0. The molecule has 0 aliphatic rings. The monoisotopic (exact) mass is 519 g/mol. The van der Waals surface area contributed by atoms with Gasteiger partial charge in [0.05, 0.1) is 6.04 Å². The standard InChI is InChI=1S/C29H49N3O3S/c1-3-4-5-6-7-8-9-10-11-12-13-14-15-17-20-25(23-27(33)32-35)28(34)30-24(2)29(36)31-26-21-18-16-19-22-26/h16,18-19,21-22,24-25,35H,3-15,17,20,23H2,1-2H3,(H,30,34)(H,31,36)(H,32,33)/t24-,25+/m0/s1. The molecule has 0 bridgehead atoms. The van der Waals surface area contributed by atoms with Gasteiger partial charge in [-0.15, -0.1) is 0 Å². The van der Waals surface area contributed by atoms with Crippen LogP contribution in [0.25, 0.3) is 0 Å². The number of hydrogen-bond acceptors (Lipinski definition) is 4. The molecular weight excluding hydrogens is 470 g/mol. The lowest BCUT2D eigenvalue weighted by atomic mass is 9.95. The van der Waals surface area contributed by atoms with Crippen molar-refractivity contribution in [3.05, 3.63) is 30.3 Å². The van der Waals surface area contributed by atoms with E-state index >= 15 is 0 Å². The number of amides is 2. The smallest absolute Gasteiger partial charge is 0.244 e. The van der Waals surface area contributed by atoms with Gasteiger partial charge in [0, 0.05) is 18.0 Å². The van der Waals surface area contributed by atoms with E-state index in [-0.39, 0.29) is 18.4 Å². The molecule has 0 radical (unpaired) electrons. The number of nitrogens with one attached hydrogen (secondary N) is 3. The third-order valence-corrected chi connectivity index (χ3v) is 7.08. The fourth-order valence-electron chi connectivity index (χ4n) is 4.35. The molecule has 7 heteroatoms. The van der Waals surface area contributed by atoms with Crippen LogP contribution in [0.5, 0.6) is 0 Å². The van der Waals surface area contributed by atoms with Gasteiger partial charge in [0.15, 0.2) is 0 Å². The minimum Gasteiger partial charge on any atom is -0.348 e. The number of carbonyl (C=O) groups is 2. The van der Waals surface area contributed by atoms with Crippen molar-refractivity contribution in [2.24, 2.45) is 5.92 Å². The van der Waals surface area contributed by atoms with E-state index in [2.05, 4.69) is 17.6 Å². The Kier molecular flexibility index (Phi) is 18.8. The van der Waals surface area contributed by atoms with Crippen LogP contribution in [0, 0.1) is 5.92 Å². The van der Waals surface area contributed by atoms with Crippen molar-refractivity contribution in [1.29, 1.82) is 0 Å². The first-order valence-electron chi connectivity index (χ1n) is 14.1. The second kappa shape index (κ2) is 21.1. The molecule has 0 aliphatic heterocycles. The molecule has 0 spiro atoms. The Morgan fingerprint density at radius 2 is 1.33 bits per heavy atom. The van der Waals surface area contributed by atoms with Crippen molar-refractivity contribution in [1.82, 2.24) is 10.8 Å². The highest BCUT2D eigenvalue weighted by Gasteiger charge is 2.24. The fraction of sp³-hybridized carbons (Fsp3) is 0.690. The Labute approximate surface area is 224 Å². The molecule has 204 valence electrons. The van der Waals surface area contributed by atoms with Gasteiger partial charge in [0.2, 0.25) is 11.8 Å². The number of unbranched alkanes of at least 4 members (excludes halogenated alkanes) is 13. The number of hydrogen-bond donors (Lipinski definition) is 4. The summed E-state index contributed by atoms with van der Waals surface area (Å²) in [5.41, 5.74) is 2.52. The van der Waals surface area contributed by atoms with E-state index in [1.807, 2.05) is 37.3 Å². The van der Waals surface area contributed by atoms with Gasteiger partial charge in [-0.05, 0) is 25.5 Å². The Morgan fingerprint density at radius 3 is 1.83 bits per heavy atom. The van der Waals surface area contributed by atoms with Crippen molar-refractivity contribution in [3.8, 4) is 0 Å². The zero-order chi connectivity index (χ0) is 26.4. The Hall–Kier alpha value is -1.99. The fourth-order valence-corrected chi connectivity index (χ4v) is 4.53. The summed E-state index contributed by atoms with van der Waals surface area (Å²) >= 11 is 5.43. The number of benzene rings is 1. The molecule has 1 rings (SSSR count). The molecule has 0 saturated heterocycles. The Bertz CT molecular complexity index is 730. The van der Waals surface area contributed by atoms with E-state index in [0.29, 0.717) is 11.4 Å². The average Bonchev–Trinajstić information content (AvgIpc) is 2.88. The van der Waals surface area contributed by atoms with Crippen LogP contribution in [-0.2, 0) is 9.59 Å². The van der Waals surface area contributed by atoms with Crippen molar-refractivity contribution < 1.29 is 14.8 Å². The van der Waals surface area contributed by atoms with E-state index in [4.69, 9.17) is 17.4 Å². The molecule has 0 unspecified atom stereocenters. The van der Waals surface area contributed by atoms with Crippen LogP contribution in [-0.4, -0.2) is 28.1 Å². The maximum absolute atomic E-state index is 12.9. The first-order valence-corrected chi connectivity index (χ1v) is 14.5. The number of thiocarbonyl (C=S) groups is 1. The van der Waals surface area contributed by atoms with E-state index in [1.165, 1.54) is 70.6 Å². The van der Waals surface area contributed by atoms with Crippen molar-refractivity contribution in [2.45, 2.75) is 123 Å². The molecule has 1 aromatic carbocycles. The minimum absolute atomic E-state index is 0.0353. The van der Waals surface area contributed by atoms with E-state index in [0.717, 1.165) is 24.9 Å². The quantitative estimate of drug-likeness (QED) is 0.0591. The number of rotatable bonds is 21. The van der Waals surface area contributed by atoms with Gasteiger partial charge in [0.25, 0.3) is 0 Å². The van der Waals surface area contributed by atoms with Gasteiger partial charge in [-0.3, -0.25) is 14.8 Å². The van der Waals surface area contributed by atoms with Crippen molar-refractivity contribution >= 4 is 34.7 Å². The molecule has 36 heavy (non-hydrogen) atoms. The lowest BCUT2D eigenvalue weighted by Crippen LogP contribution is -2.44. The second-order valence-corrected chi connectivity index (χ2v) is 10.3. The van der Waals surface area contributed by atoms with Crippen LogP contribution in [0.4, 0.5) is 5.69 Å². The maximum atomic E-state index is 12.9. The summed E-state index contributed by atoms with van der Waals surface area (Å²) in [5.74, 6) is -1.24. The number of carbonyl (C=O) groups excluding carboxylic acids is 2. The first-order chi connectivity index (χ1) is 17.5. The minimum atomic E-state index is -0.543. The van der Waals surface area contributed by atoms with Crippen LogP contribution in [0.3, 0.4) is 0 Å². The van der Waals surface area contributed by atoms with Crippen molar-refractivity contribution in [3.63, 3.8) is 0 Å². The Balaban J connectivity index is 2.24. The highest BCUT2D eigenvalue weighted by atomic mass is 32.1. The summed E-state index contributed by atoms with van der Waals surface area (Å²) in [6.07, 6.45) is 18.4. The first kappa shape index (κ1) is 32.0. The molecule has 0 heterocycles. The third-order valence-electron chi connectivity index (χ3n) is 6.63. The summed E-state index contributed by atoms with van der Waals surface area (Å²) in [5, 5.41) is 15.0.